The number of halogens is 1. The molecule has 3 nitrogen and oxygen atoms in total. The van der Waals surface area contributed by atoms with E-state index in [9.17, 15) is 4.79 Å². The van der Waals surface area contributed by atoms with Crippen molar-refractivity contribution in [2.45, 2.75) is 25.3 Å². The van der Waals surface area contributed by atoms with Gasteiger partial charge in [-0.15, -0.1) is 11.3 Å². The molecule has 1 aliphatic rings. The van der Waals surface area contributed by atoms with Crippen LogP contribution in [-0.4, -0.2) is 16.9 Å². The Kier molecular flexibility index (Phi) is 4.17. The largest absolute Gasteiger partial charge is 0.393 e. The van der Waals surface area contributed by atoms with Crippen LogP contribution in [0.2, 0.25) is 0 Å². The van der Waals surface area contributed by atoms with Gasteiger partial charge in [0.15, 0.2) is 0 Å². The molecular formula is C11H13BrN2OS2. The molecular weight excluding hydrogens is 320 g/mol. The topological polar surface area (TPSA) is 55.1 Å². The fraction of sp³-hybridized carbons (Fsp3) is 0.455. The first-order chi connectivity index (χ1) is 8.08. The minimum Gasteiger partial charge on any atom is -0.393 e. The van der Waals surface area contributed by atoms with Gasteiger partial charge >= 0.3 is 0 Å². The van der Waals surface area contributed by atoms with Gasteiger partial charge < -0.3 is 11.1 Å². The normalized spacial score (nSPS) is 23.6. The van der Waals surface area contributed by atoms with Gasteiger partial charge in [-0.3, -0.25) is 4.79 Å². The summed E-state index contributed by atoms with van der Waals surface area (Å²) in [5.74, 6) is 0.108. The molecule has 1 heterocycles. The van der Waals surface area contributed by atoms with Crippen molar-refractivity contribution in [1.29, 1.82) is 0 Å². The summed E-state index contributed by atoms with van der Waals surface area (Å²) < 4.78 is 0.958. The number of thiocarbonyl (C=S) groups is 1. The van der Waals surface area contributed by atoms with E-state index in [1.54, 1.807) is 0 Å². The Morgan fingerprint density at radius 2 is 2.35 bits per heavy atom. The molecule has 1 aromatic heterocycles. The van der Waals surface area contributed by atoms with Crippen LogP contribution in [0.15, 0.2) is 15.2 Å². The highest BCUT2D eigenvalue weighted by atomic mass is 79.9. The predicted octanol–water partition coefficient (Wildman–Crippen LogP) is 2.70. The standard InChI is InChI=1S/C11H13BrN2OS2/c12-9-4-6(5-17-9)11(15)14-8-3-1-2-7(8)10(13)16/h4-5,7-8H,1-3H2,(H2,13,16)(H,14,15). The van der Waals surface area contributed by atoms with Crippen LogP contribution in [0.1, 0.15) is 29.6 Å². The zero-order valence-corrected chi connectivity index (χ0v) is 12.3. The number of hydrogen-bond donors (Lipinski definition) is 2. The van der Waals surface area contributed by atoms with E-state index in [2.05, 4.69) is 21.2 Å². The Morgan fingerprint density at radius 3 is 2.94 bits per heavy atom. The van der Waals surface area contributed by atoms with E-state index in [1.807, 2.05) is 11.4 Å². The summed E-state index contributed by atoms with van der Waals surface area (Å²) in [4.78, 5) is 12.5. The van der Waals surface area contributed by atoms with Crippen molar-refractivity contribution >= 4 is 50.4 Å². The van der Waals surface area contributed by atoms with E-state index < -0.39 is 0 Å². The van der Waals surface area contributed by atoms with Crippen molar-refractivity contribution in [2.75, 3.05) is 0 Å². The highest BCUT2D eigenvalue weighted by Crippen LogP contribution is 2.27. The third kappa shape index (κ3) is 3.05. The fourth-order valence-electron chi connectivity index (χ4n) is 2.15. The molecule has 0 saturated heterocycles. The monoisotopic (exact) mass is 332 g/mol. The molecule has 6 heteroatoms. The van der Waals surface area contributed by atoms with E-state index in [0.29, 0.717) is 10.6 Å². The van der Waals surface area contributed by atoms with Gasteiger partial charge in [-0.05, 0) is 34.8 Å². The predicted molar refractivity (Wildman–Crippen MR) is 77.4 cm³/mol. The van der Waals surface area contributed by atoms with E-state index in [-0.39, 0.29) is 17.9 Å². The third-order valence-corrected chi connectivity index (χ3v) is 4.83. The van der Waals surface area contributed by atoms with Gasteiger partial charge in [-0.2, -0.15) is 0 Å². The van der Waals surface area contributed by atoms with Crippen molar-refractivity contribution in [2.24, 2.45) is 11.7 Å². The zero-order valence-electron chi connectivity index (χ0n) is 9.11. The minimum absolute atomic E-state index is 0.0416. The smallest absolute Gasteiger partial charge is 0.252 e. The lowest BCUT2D eigenvalue weighted by Gasteiger charge is -2.19. The number of rotatable bonds is 3. The summed E-state index contributed by atoms with van der Waals surface area (Å²) in [5.41, 5.74) is 6.37. The molecule has 2 rings (SSSR count). The summed E-state index contributed by atoms with van der Waals surface area (Å²) in [5, 5.41) is 4.86. The summed E-state index contributed by atoms with van der Waals surface area (Å²) in [6.45, 7) is 0. The molecule has 0 spiro atoms. The second-order valence-electron chi connectivity index (χ2n) is 4.16. The van der Waals surface area contributed by atoms with E-state index in [4.69, 9.17) is 18.0 Å². The molecule has 1 fully saturated rings. The van der Waals surface area contributed by atoms with E-state index in [0.717, 1.165) is 23.0 Å². The van der Waals surface area contributed by atoms with Crippen molar-refractivity contribution in [3.05, 3.63) is 20.8 Å². The molecule has 0 aromatic carbocycles. The Morgan fingerprint density at radius 1 is 1.59 bits per heavy atom. The molecule has 1 aliphatic carbocycles. The molecule has 2 unspecified atom stereocenters. The summed E-state index contributed by atoms with van der Waals surface area (Å²) >= 11 is 9.88. The van der Waals surface area contributed by atoms with Crippen LogP contribution in [-0.2, 0) is 0 Å². The van der Waals surface area contributed by atoms with Gasteiger partial charge in [-0.25, -0.2) is 0 Å². The molecule has 1 aromatic rings. The van der Waals surface area contributed by atoms with Crippen LogP contribution in [0, 0.1) is 5.92 Å². The van der Waals surface area contributed by atoms with Crippen molar-refractivity contribution in [3.63, 3.8) is 0 Å². The lowest BCUT2D eigenvalue weighted by molar-refractivity contribution is 0.0934. The number of carbonyl (C=O) groups is 1. The third-order valence-electron chi connectivity index (χ3n) is 3.03. The molecule has 0 bridgehead atoms. The number of carbonyl (C=O) groups excluding carboxylic acids is 1. The Balaban J connectivity index is 2.01. The van der Waals surface area contributed by atoms with E-state index >= 15 is 0 Å². The molecule has 1 saturated carbocycles. The quantitative estimate of drug-likeness (QED) is 0.837. The van der Waals surface area contributed by atoms with Crippen molar-refractivity contribution < 1.29 is 4.79 Å². The van der Waals surface area contributed by atoms with Crippen LogP contribution in [0.3, 0.4) is 0 Å². The van der Waals surface area contributed by atoms with Gasteiger partial charge in [0.05, 0.1) is 14.3 Å². The second-order valence-corrected chi connectivity index (χ2v) is 6.92. The molecule has 0 aliphatic heterocycles. The van der Waals surface area contributed by atoms with E-state index in [1.165, 1.54) is 11.3 Å². The van der Waals surface area contributed by atoms with Gasteiger partial charge in [-0.1, -0.05) is 18.6 Å². The highest BCUT2D eigenvalue weighted by Gasteiger charge is 2.30. The zero-order chi connectivity index (χ0) is 12.4. The summed E-state index contributed by atoms with van der Waals surface area (Å²) in [6, 6.07) is 1.92. The first-order valence-electron chi connectivity index (χ1n) is 5.42. The number of amides is 1. The van der Waals surface area contributed by atoms with Crippen LogP contribution >= 0.6 is 39.5 Å². The molecule has 1 amide bonds. The van der Waals surface area contributed by atoms with Gasteiger partial charge in [0, 0.05) is 17.3 Å². The van der Waals surface area contributed by atoms with Gasteiger partial charge in [0.2, 0.25) is 0 Å². The number of nitrogens with two attached hydrogens (primary N) is 1. The highest BCUT2D eigenvalue weighted by molar-refractivity contribution is 9.11. The average Bonchev–Trinajstić information content (AvgIpc) is 2.86. The first-order valence-corrected chi connectivity index (χ1v) is 7.50. The van der Waals surface area contributed by atoms with Gasteiger partial charge in [0.1, 0.15) is 0 Å². The maximum atomic E-state index is 12.0. The minimum atomic E-state index is -0.0416. The van der Waals surface area contributed by atoms with Crippen LogP contribution in [0.25, 0.3) is 0 Å². The molecule has 92 valence electrons. The first kappa shape index (κ1) is 13.0. The van der Waals surface area contributed by atoms with Crippen LogP contribution < -0.4 is 11.1 Å². The SMILES string of the molecule is NC(=S)C1CCCC1NC(=O)c1csc(Br)c1. The van der Waals surface area contributed by atoms with Crippen molar-refractivity contribution in [1.82, 2.24) is 5.32 Å². The Labute approximate surface area is 118 Å². The lowest BCUT2D eigenvalue weighted by atomic mass is 10.0. The van der Waals surface area contributed by atoms with Crippen molar-refractivity contribution in [3.8, 4) is 0 Å². The maximum absolute atomic E-state index is 12.0. The molecule has 0 radical (unpaired) electrons. The fourth-order valence-corrected chi connectivity index (χ4v) is 3.57. The molecule has 17 heavy (non-hydrogen) atoms. The Hall–Kier alpha value is -0.460. The summed E-state index contributed by atoms with van der Waals surface area (Å²) in [6.07, 6.45) is 3.01. The molecule has 3 N–H and O–H groups in total. The average molecular weight is 333 g/mol. The van der Waals surface area contributed by atoms with Gasteiger partial charge in [0.25, 0.3) is 5.91 Å². The number of nitrogens with one attached hydrogen (secondary N) is 1. The lowest BCUT2D eigenvalue weighted by Crippen LogP contribution is -2.41. The Bertz CT molecular complexity index is 446. The second kappa shape index (κ2) is 5.46. The van der Waals surface area contributed by atoms with Crippen LogP contribution in [0.5, 0.6) is 0 Å². The summed E-state index contributed by atoms with van der Waals surface area (Å²) in [7, 11) is 0. The molecule has 2 atom stereocenters. The van der Waals surface area contributed by atoms with Crippen LogP contribution in [0.4, 0.5) is 0 Å². The maximum Gasteiger partial charge on any atom is 0.252 e. The number of hydrogen-bond acceptors (Lipinski definition) is 3. The number of thiophene rings is 1.